The summed E-state index contributed by atoms with van der Waals surface area (Å²) in [6.07, 6.45) is 0.441. The molecule has 5 heteroatoms. The third-order valence-corrected chi connectivity index (χ3v) is 3.32. The third kappa shape index (κ3) is 4.59. The average Bonchev–Trinajstić information content (AvgIpc) is 2.43. The molecule has 20 heavy (non-hydrogen) atoms. The van der Waals surface area contributed by atoms with E-state index in [4.69, 9.17) is 10.5 Å². The van der Waals surface area contributed by atoms with Gasteiger partial charge in [0.05, 0.1) is 5.60 Å². The minimum Gasteiger partial charge on any atom is -0.388 e. The van der Waals surface area contributed by atoms with Crippen LogP contribution in [-0.4, -0.2) is 36.9 Å². The van der Waals surface area contributed by atoms with Gasteiger partial charge in [-0.2, -0.15) is 0 Å². The summed E-state index contributed by atoms with van der Waals surface area (Å²) in [6.45, 7) is 3.88. The molecule has 2 unspecified atom stereocenters. The van der Waals surface area contributed by atoms with Crippen LogP contribution in [0.1, 0.15) is 25.8 Å². The quantitative estimate of drug-likeness (QED) is 0.688. The fourth-order valence-electron chi connectivity index (χ4n) is 1.78. The Labute approximate surface area is 120 Å². The van der Waals surface area contributed by atoms with Gasteiger partial charge in [0.15, 0.2) is 0 Å². The Bertz CT molecular complexity index is 430. The fraction of sp³-hybridized carbons (Fsp3) is 0.533. The lowest BCUT2D eigenvalue weighted by Crippen LogP contribution is -2.52. The van der Waals surface area contributed by atoms with Crippen LogP contribution in [0.2, 0.25) is 0 Å². The molecule has 0 aromatic heterocycles. The molecular formula is C15H24N2O3. The monoisotopic (exact) mass is 280 g/mol. The Morgan fingerprint density at radius 2 is 1.95 bits per heavy atom. The van der Waals surface area contributed by atoms with Gasteiger partial charge in [-0.3, -0.25) is 4.79 Å². The summed E-state index contributed by atoms with van der Waals surface area (Å²) in [7, 11) is 1.57. The van der Waals surface area contributed by atoms with Crippen LogP contribution in [0.4, 0.5) is 0 Å². The Morgan fingerprint density at radius 1 is 1.35 bits per heavy atom. The maximum atomic E-state index is 12.2. The lowest BCUT2D eigenvalue weighted by molar-refractivity contribution is -0.127. The molecule has 0 fully saturated rings. The van der Waals surface area contributed by atoms with E-state index in [-0.39, 0.29) is 12.5 Å². The number of hydrogen-bond donors (Lipinski definition) is 3. The molecule has 1 aromatic rings. The summed E-state index contributed by atoms with van der Waals surface area (Å²) in [5.41, 5.74) is 4.68. The molecule has 0 aliphatic carbocycles. The van der Waals surface area contributed by atoms with Gasteiger partial charge in [0, 0.05) is 26.7 Å². The summed E-state index contributed by atoms with van der Waals surface area (Å²) >= 11 is 0. The zero-order valence-electron chi connectivity index (χ0n) is 12.3. The molecule has 0 aliphatic rings. The summed E-state index contributed by atoms with van der Waals surface area (Å²) in [6, 6.07) is 9.16. The maximum Gasteiger partial charge on any atom is 0.244 e. The minimum atomic E-state index is -1.13. The van der Waals surface area contributed by atoms with Gasteiger partial charge >= 0.3 is 0 Å². The maximum absolute atomic E-state index is 12.2. The van der Waals surface area contributed by atoms with Crippen LogP contribution < -0.4 is 11.1 Å². The normalized spacial score (nSPS) is 17.1. The summed E-state index contributed by atoms with van der Waals surface area (Å²) in [5.74, 6) is -0.318. The van der Waals surface area contributed by atoms with Crippen molar-refractivity contribution in [2.45, 2.75) is 31.4 Å². The molecule has 112 valence electrons. The Balaban J connectivity index is 2.62. The molecule has 5 nitrogen and oxygen atoms in total. The Hall–Kier alpha value is -1.43. The number of rotatable bonds is 7. The van der Waals surface area contributed by atoms with E-state index in [2.05, 4.69) is 5.32 Å². The highest BCUT2D eigenvalue weighted by Gasteiger charge is 2.31. The second-order valence-electron chi connectivity index (χ2n) is 5.49. The van der Waals surface area contributed by atoms with E-state index >= 15 is 0 Å². The van der Waals surface area contributed by atoms with E-state index in [1.807, 2.05) is 30.3 Å². The van der Waals surface area contributed by atoms with Crippen LogP contribution in [0.5, 0.6) is 0 Å². The lowest BCUT2D eigenvalue weighted by Gasteiger charge is -2.28. The van der Waals surface area contributed by atoms with Gasteiger partial charge in [0.1, 0.15) is 5.54 Å². The SMILES string of the molecule is COCCC(C)(O)CNC(=O)C(C)(N)c1ccccc1. The standard InChI is InChI=1S/C15H24N2O3/c1-14(19,9-10-20-3)11-17-13(18)15(2,16)12-7-5-4-6-8-12/h4-8,19H,9-11,16H2,1-3H3,(H,17,18). The van der Waals surface area contributed by atoms with Gasteiger partial charge in [0.2, 0.25) is 5.91 Å². The molecule has 0 saturated heterocycles. The first-order valence-electron chi connectivity index (χ1n) is 6.63. The first-order chi connectivity index (χ1) is 9.29. The summed E-state index contributed by atoms with van der Waals surface area (Å²) in [4.78, 5) is 12.2. The highest BCUT2D eigenvalue weighted by molar-refractivity contribution is 5.87. The lowest BCUT2D eigenvalue weighted by atomic mass is 9.92. The number of amides is 1. The van der Waals surface area contributed by atoms with E-state index in [1.165, 1.54) is 0 Å². The first-order valence-corrected chi connectivity index (χ1v) is 6.63. The first kappa shape index (κ1) is 16.6. The number of aliphatic hydroxyl groups is 1. The van der Waals surface area contributed by atoms with Crippen molar-refractivity contribution in [3.63, 3.8) is 0 Å². The van der Waals surface area contributed by atoms with Gasteiger partial charge in [-0.25, -0.2) is 0 Å². The Morgan fingerprint density at radius 3 is 2.50 bits per heavy atom. The van der Waals surface area contributed by atoms with Crippen molar-refractivity contribution in [3.8, 4) is 0 Å². The zero-order chi connectivity index (χ0) is 15.2. The number of methoxy groups -OCH3 is 1. The van der Waals surface area contributed by atoms with Gasteiger partial charge in [0.25, 0.3) is 0 Å². The Kier molecular flexibility index (Phi) is 5.68. The van der Waals surface area contributed by atoms with Crippen LogP contribution in [0, 0.1) is 0 Å². The van der Waals surface area contributed by atoms with E-state index in [9.17, 15) is 9.90 Å². The number of nitrogens with one attached hydrogen (secondary N) is 1. The summed E-state index contributed by atoms with van der Waals surface area (Å²) in [5, 5.41) is 12.8. The molecule has 0 spiro atoms. The van der Waals surface area contributed by atoms with Crippen molar-refractivity contribution in [1.82, 2.24) is 5.32 Å². The predicted molar refractivity (Wildman–Crippen MR) is 78.1 cm³/mol. The van der Waals surface area contributed by atoms with E-state index in [1.54, 1.807) is 21.0 Å². The van der Waals surface area contributed by atoms with Gasteiger partial charge in [-0.1, -0.05) is 30.3 Å². The molecule has 0 aliphatic heterocycles. The molecule has 0 bridgehead atoms. The van der Waals surface area contributed by atoms with E-state index in [0.717, 1.165) is 5.56 Å². The van der Waals surface area contributed by atoms with Gasteiger partial charge < -0.3 is 20.9 Å². The van der Waals surface area contributed by atoms with Crippen LogP contribution in [0.3, 0.4) is 0 Å². The van der Waals surface area contributed by atoms with Crippen molar-refractivity contribution in [1.29, 1.82) is 0 Å². The number of hydrogen-bond acceptors (Lipinski definition) is 4. The van der Waals surface area contributed by atoms with Gasteiger partial charge in [-0.15, -0.1) is 0 Å². The zero-order valence-corrected chi connectivity index (χ0v) is 12.3. The summed E-state index contributed by atoms with van der Waals surface area (Å²) < 4.78 is 4.92. The second kappa shape index (κ2) is 6.83. The molecule has 1 rings (SSSR count). The number of ether oxygens (including phenoxy) is 1. The van der Waals surface area contributed by atoms with Crippen molar-refractivity contribution in [2.75, 3.05) is 20.3 Å². The predicted octanol–water partition coefficient (Wildman–Crippen LogP) is 0.764. The second-order valence-corrected chi connectivity index (χ2v) is 5.49. The number of carbonyl (C=O) groups excluding carboxylic acids is 1. The topological polar surface area (TPSA) is 84.6 Å². The number of benzene rings is 1. The molecular weight excluding hydrogens is 256 g/mol. The van der Waals surface area contributed by atoms with E-state index in [0.29, 0.717) is 13.0 Å². The van der Waals surface area contributed by atoms with Crippen molar-refractivity contribution >= 4 is 5.91 Å². The number of nitrogens with two attached hydrogens (primary N) is 1. The molecule has 4 N–H and O–H groups in total. The molecule has 0 saturated carbocycles. The molecule has 1 aromatic carbocycles. The largest absolute Gasteiger partial charge is 0.388 e. The van der Waals surface area contributed by atoms with Gasteiger partial charge in [-0.05, 0) is 19.4 Å². The fourth-order valence-corrected chi connectivity index (χ4v) is 1.78. The molecule has 0 radical (unpaired) electrons. The van der Waals surface area contributed by atoms with Crippen LogP contribution >= 0.6 is 0 Å². The van der Waals surface area contributed by atoms with Crippen molar-refractivity contribution in [2.24, 2.45) is 5.73 Å². The average molecular weight is 280 g/mol. The van der Waals surface area contributed by atoms with Crippen LogP contribution in [-0.2, 0) is 15.1 Å². The number of carbonyl (C=O) groups is 1. The van der Waals surface area contributed by atoms with E-state index < -0.39 is 11.1 Å². The van der Waals surface area contributed by atoms with Crippen molar-refractivity contribution in [3.05, 3.63) is 35.9 Å². The highest BCUT2D eigenvalue weighted by atomic mass is 16.5. The molecule has 0 heterocycles. The van der Waals surface area contributed by atoms with Crippen LogP contribution in [0.25, 0.3) is 0 Å². The molecule has 1 amide bonds. The van der Waals surface area contributed by atoms with Crippen molar-refractivity contribution < 1.29 is 14.6 Å². The molecule has 2 atom stereocenters. The smallest absolute Gasteiger partial charge is 0.244 e. The third-order valence-electron chi connectivity index (χ3n) is 3.32. The minimum absolute atomic E-state index is 0.134. The van der Waals surface area contributed by atoms with Crippen LogP contribution in [0.15, 0.2) is 30.3 Å². The highest BCUT2D eigenvalue weighted by Crippen LogP contribution is 2.18.